The topological polar surface area (TPSA) is 75.0 Å². The zero-order valence-corrected chi connectivity index (χ0v) is 9.20. The molecule has 15 heavy (non-hydrogen) atoms. The number of hydrogen-bond acceptors (Lipinski definition) is 4. The zero-order valence-electron chi connectivity index (χ0n) is 7.49. The Kier molecular flexibility index (Phi) is 3.50. The molecule has 0 N–H and O–H groups in total. The van der Waals surface area contributed by atoms with E-state index in [1.165, 1.54) is 30.3 Å². The molecule has 1 atom stereocenters. The lowest BCUT2D eigenvalue weighted by atomic mass is 10.4. The summed E-state index contributed by atoms with van der Waals surface area (Å²) in [6, 6.07) is 8.76. The van der Waals surface area contributed by atoms with Gasteiger partial charge in [0.25, 0.3) is 0 Å². The van der Waals surface area contributed by atoms with Crippen LogP contribution in [0.2, 0.25) is 0 Å². The Balaban J connectivity index is 3.26. The van der Waals surface area contributed by atoms with Crippen molar-refractivity contribution in [1.29, 1.82) is 5.26 Å². The Bertz CT molecular complexity index is 502. The normalized spacial score (nSPS) is 12.8. The SMILES string of the molecule is N#CC(C(=O)S)S(=O)(=O)c1ccccc1. The fourth-order valence-corrected chi connectivity index (χ4v) is 2.69. The average molecular weight is 241 g/mol. The van der Waals surface area contributed by atoms with Crippen LogP contribution >= 0.6 is 12.6 Å². The van der Waals surface area contributed by atoms with Crippen LogP contribution < -0.4 is 0 Å². The Morgan fingerprint density at radius 2 is 1.87 bits per heavy atom. The van der Waals surface area contributed by atoms with Crippen molar-refractivity contribution in [2.24, 2.45) is 0 Å². The molecular weight excluding hydrogens is 234 g/mol. The number of hydrogen-bond donors (Lipinski definition) is 1. The maximum absolute atomic E-state index is 11.7. The van der Waals surface area contributed by atoms with Crippen molar-refractivity contribution in [2.75, 3.05) is 0 Å². The molecule has 0 aromatic heterocycles. The largest absolute Gasteiger partial charge is 0.285 e. The molecule has 4 nitrogen and oxygen atoms in total. The number of nitriles is 1. The Morgan fingerprint density at radius 3 is 2.27 bits per heavy atom. The molecule has 6 heteroatoms. The third kappa shape index (κ3) is 2.37. The molecular formula is C9H7NO3S2. The van der Waals surface area contributed by atoms with Gasteiger partial charge in [0.15, 0.2) is 0 Å². The van der Waals surface area contributed by atoms with E-state index >= 15 is 0 Å². The molecule has 0 saturated carbocycles. The summed E-state index contributed by atoms with van der Waals surface area (Å²) >= 11 is 3.38. The fraction of sp³-hybridized carbons (Fsp3) is 0.111. The summed E-state index contributed by atoms with van der Waals surface area (Å²) in [6.45, 7) is 0. The van der Waals surface area contributed by atoms with Gasteiger partial charge in [-0.1, -0.05) is 18.2 Å². The summed E-state index contributed by atoms with van der Waals surface area (Å²) in [5, 5.41) is 5.88. The maximum atomic E-state index is 11.7. The molecule has 1 aromatic carbocycles. The lowest BCUT2D eigenvalue weighted by Crippen LogP contribution is -2.25. The van der Waals surface area contributed by atoms with Crippen molar-refractivity contribution in [3.8, 4) is 6.07 Å². The first-order valence-corrected chi connectivity index (χ1v) is 5.91. The molecule has 0 aliphatic rings. The smallest absolute Gasteiger partial charge is 0.220 e. The highest BCUT2D eigenvalue weighted by Crippen LogP contribution is 2.16. The third-order valence-electron chi connectivity index (χ3n) is 1.72. The Labute approximate surface area is 92.9 Å². The minimum Gasteiger partial charge on any atom is -0.285 e. The Hall–Kier alpha value is -1.32. The molecule has 1 rings (SSSR count). The van der Waals surface area contributed by atoms with E-state index in [-0.39, 0.29) is 4.90 Å². The van der Waals surface area contributed by atoms with Crippen molar-refractivity contribution < 1.29 is 13.2 Å². The van der Waals surface area contributed by atoms with Gasteiger partial charge in [0, 0.05) is 0 Å². The highest BCUT2D eigenvalue weighted by atomic mass is 32.2. The van der Waals surface area contributed by atoms with Crippen LogP contribution in [0, 0.1) is 11.3 Å². The molecule has 0 heterocycles. The summed E-state index contributed by atoms with van der Waals surface area (Å²) in [7, 11) is -3.94. The third-order valence-corrected chi connectivity index (χ3v) is 4.03. The molecule has 78 valence electrons. The van der Waals surface area contributed by atoms with E-state index in [4.69, 9.17) is 5.26 Å². The summed E-state index contributed by atoms with van der Waals surface area (Å²) in [5.41, 5.74) is 0. The van der Waals surface area contributed by atoms with Crippen molar-refractivity contribution in [2.45, 2.75) is 10.1 Å². The number of rotatable bonds is 3. The van der Waals surface area contributed by atoms with Crippen molar-refractivity contribution in [3.63, 3.8) is 0 Å². The number of benzene rings is 1. The highest BCUT2D eigenvalue weighted by Gasteiger charge is 2.31. The van der Waals surface area contributed by atoms with Crippen LogP contribution in [0.15, 0.2) is 35.2 Å². The van der Waals surface area contributed by atoms with Gasteiger partial charge in [-0.25, -0.2) is 8.42 Å². The van der Waals surface area contributed by atoms with Gasteiger partial charge >= 0.3 is 0 Å². The second kappa shape index (κ2) is 4.47. The molecule has 0 aliphatic carbocycles. The number of carbonyl (C=O) groups excluding carboxylic acids is 1. The number of sulfone groups is 1. The summed E-state index contributed by atoms with van der Waals surface area (Å²) < 4.78 is 23.4. The van der Waals surface area contributed by atoms with E-state index in [0.29, 0.717) is 0 Å². The number of nitrogens with zero attached hydrogens (tertiary/aromatic N) is 1. The van der Waals surface area contributed by atoms with E-state index in [1.54, 1.807) is 6.07 Å². The van der Waals surface area contributed by atoms with E-state index < -0.39 is 20.2 Å². The second-order valence-electron chi connectivity index (χ2n) is 2.71. The predicted molar refractivity (Wildman–Crippen MR) is 57.0 cm³/mol. The molecule has 0 amide bonds. The van der Waals surface area contributed by atoms with Crippen LogP contribution in [-0.2, 0) is 14.6 Å². The van der Waals surface area contributed by atoms with E-state index in [1.807, 2.05) is 0 Å². The molecule has 1 unspecified atom stereocenters. The van der Waals surface area contributed by atoms with E-state index in [9.17, 15) is 13.2 Å². The first-order valence-electron chi connectivity index (χ1n) is 3.91. The molecule has 0 bridgehead atoms. The summed E-state index contributed by atoms with van der Waals surface area (Å²) in [5.74, 6) is 0. The monoisotopic (exact) mass is 241 g/mol. The van der Waals surface area contributed by atoms with Crippen molar-refractivity contribution >= 4 is 27.6 Å². The summed E-state index contributed by atoms with van der Waals surface area (Å²) in [4.78, 5) is 10.8. The molecule has 0 fully saturated rings. The zero-order chi connectivity index (χ0) is 11.5. The van der Waals surface area contributed by atoms with Crippen molar-refractivity contribution in [1.82, 2.24) is 0 Å². The van der Waals surface area contributed by atoms with Gasteiger partial charge in [0.2, 0.25) is 20.2 Å². The van der Waals surface area contributed by atoms with Gasteiger partial charge in [0.05, 0.1) is 11.0 Å². The van der Waals surface area contributed by atoms with Crippen LogP contribution in [0.25, 0.3) is 0 Å². The second-order valence-corrected chi connectivity index (χ2v) is 5.18. The van der Waals surface area contributed by atoms with Crippen LogP contribution in [0.3, 0.4) is 0 Å². The van der Waals surface area contributed by atoms with Crippen molar-refractivity contribution in [3.05, 3.63) is 30.3 Å². The quantitative estimate of drug-likeness (QED) is 0.794. The van der Waals surface area contributed by atoms with Crippen LogP contribution in [0.1, 0.15) is 0 Å². The van der Waals surface area contributed by atoms with Gasteiger partial charge in [-0.15, -0.1) is 12.6 Å². The van der Waals surface area contributed by atoms with E-state index in [2.05, 4.69) is 12.6 Å². The first kappa shape index (κ1) is 11.8. The van der Waals surface area contributed by atoms with Gasteiger partial charge in [-0.2, -0.15) is 5.26 Å². The lowest BCUT2D eigenvalue weighted by Gasteiger charge is -2.06. The number of carbonyl (C=O) groups is 1. The van der Waals surface area contributed by atoms with Crippen LogP contribution in [0.4, 0.5) is 0 Å². The minimum atomic E-state index is -3.94. The predicted octanol–water partition coefficient (Wildman–Crippen LogP) is 0.809. The lowest BCUT2D eigenvalue weighted by molar-refractivity contribution is -0.109. The summed E-state index contributed by atoms with van der Waals surface area (Å²) in [6.07, 6.45) is 0. The van der Waals surface area contributed by atoms with Gasteiger partial charge < -0.3 is 0 Å². The van der Waals surface area contributed by atoms with Gasteiger partial charge in [0.1, 0.15) is 0 Å². The van der Waals surface area contributed by atoms with Crippen LogP contribution in [-0.4, -0.2) is 18.8 Å². The van der Waals surface area contributed by atoms with E-state index in [0.717, 1.165) is 0 Å². The maximum Gasteiger partial charge on any atom is 0.220 e. The molecule has 0 spiro atoms. The standard InChI is InChI=1S/C9H7NO3S2/c10-6-8(9(11)14)15(12,13)7-4-2-1-3-5-7/h1-5,8H,(H,11,14). The first-order chi connectivity index (χ1) is 7.00. The van der Waals surface area contributed by atoms with Gasteiger partial charge in [-0.3, -0.25) is 4.79 Å². The highest BCUT2D eigenvalue weighted by molar-refractivity contribution is 8.01. The molecule has 0 radical (unpaired) electrons. The average Bonchev–Trinajstić information content (AvgIpc) is 2.19. The fourth-order valence-electron chi connectivity index (χ4n) is 1.00. The van der Waals surface area contributed by atoms with Gasteiger partial charge in [-0.05, 0) is 12.1 Å². The minimum absolute atomic E-state index is 0.0565. The number of thiol groups is 1. The molecule has 0 aliphatic heterocycles. The Morgan fingerprint density at radius 1 is 1.33 bits per heavy atom. The van der Waals surface area contributed by atoms with Crippen LogP contribution in [0.5, 0.6) is 0 Å². The molecule has 1 aromatic rings. The molecule has 0 saturated heterocycles.